The lowest BCUT2D eigenvalue weighted by atomic mass is 9.94. The molecule has 1 heterocycles. The molecule has 0 fully saturated rings. The van der Waals surface area contributed by atoms with E-state index in [9.17, 15) is 4.79 Å². The number of carbonyl (C=O) groups excluding carboxylic acids is 1. The van der Waals surface area contributed by atoms with Crippen LogP contribution in [-0.4, -0.2) is 29.9 Å². The van der Waals surface area contributed by atoms with Crippen molar-refractivity contribution in [3.8, 4) is 0 Å². The topological polar surface area (TPSA) is 23.6 Å². The quantitative estimate of drug-likeness (QED) is 0.809. The molecule has 2 aromatic rings. The summed E-state index contributed by atoms with van der Waals surface area (Å²) in [6, 6.07) is 20.4. The molecule has 0 saturated heterocycles. The Morgan fingerprint density at radius 1 is 0.783 bits per heavy atom. The number of amides is 2. The summed E-state index contributed by atoms with van der Waals surface area (Å²) in [7, 11) is 3.62. The van der Waals surface area contributed by atoms with Gasteiger partial charge in [-0.25, -0.2) is 4.79 Å². The van der Waals surface area contributed by atoms with Crippen LogP contribution in [0.1, 0.15) is 18.1 Å². The predicted molar refractivity (Wildman–Crippen MR) is 93.6 cm³/mol. The van der Waals surface area contributed by atoms with Crippen LogP contribution in [0.25, 0.3) is 5.57 Å². The van der Waals surface area contributed by atoms with E-state index >= 15 is 0 Å². The van der Waals surface area contributed by atoms with Crippen LogP contribution < -0.4 is 0 Å². The van der Waals surface area contributed by atoms with Gasteiger partial charge in [0, 0.05) is 25.4 Å². The van der Waals surface area contributed by atoms with Crippen molar-refractivity contribution in [3.63, 3.8) is 0 Å². The molecule has 0 N–H and O–H groups in total. The first kappa shape index (κ1) is 15.1. The van der Waals surface area contributed by atoms with Crippen molar-refractivity contribution < 1.29 is 4.79 Å². The maximum Gasteiger partial charge on any atom is 0.328 e. The first-order valence-corrected chi connectivity index (χ1v) is 7.64. The van der Waals surface area contributed by atoms with Gasteiger partial charge in [0.2, 0.25) is 0 Å². The van der Waals surface area contributed by atoms with Crippen molar-refractivity contribution in [1.82, 2.24) is 9.80 Å². The molecule has 23 heavy (non-hydrogen) atoms. The van der Waals surface area contributed by atoms with Crippen LogP contribution in [0, 0.1) is 0 Å². The monoisotopic (exact) mass is 304 g/mol. The largest absolute Gasteiger partial charge is 0.328 e. The van der Waals surface area contributed by atoms with Crippen molar-refractivity contribution in [1.29, 1.82) is 0 Å². The minimum Gasteiger partial charge on any atom is -0.301 e. The van der Waals surface area contributed by atoms with E-state index in [1.165, 1.54) is 0 Å². The highest BCUT2D eigenvalue weighted by molar-refractivity contribution is 5.89. The van der Waals surface area contributed by atoms with E-state index in [2.05, 4.69) is 30.3 Å². The number of hydrogen-bond donors (Lipinski definition) is 0. The molecule has 2 aromatic carbocycles. The highest BCUT2D eigenvalue weighted by Crippen LogP contribution is 2.32. The smallest absolute Gasteiger partial charge is 0.301 e. The van der Waals surface area contributed by atoms with E-state index < -0.39 is 0 Å². The molecule has 116 valence electrons. The van der Waals surface area contributed by atoms with E-state index in [1.54, 1.807) is 16.8 Å². The summed E-state index contributed by atoms with van der Waals surface area (Å²) in [6.07, 6.45) is 2.07. The van der Waals surface area contributed by atoms with Crippen molar-refractivity contribution in [2.45, 2.75) is 6.92 Å². The second-order valence-corrected chi connectivity index (χ2v) is 5.68. The Kier molecular flexibility index (Phi) is 4.02. The number of rotatable bonds is 2. The van der Waals surface area contributed by atoms with Crippen LogP contribution >= 0.6 is 0 Å². The third kappa shape index (κ3) is 2.78. The minimum atomic E-state index is -0.0237. The van der Waals surface area contributed by atoms with Gasteiger partial charge in [0.05, 0.1) is 5.70 Å². The van der Waals surface area contributed by atoms with E-state index in [4.69, 9.17) is 0 Å². The van der Waals surface area contributed by atoms with Crippen LogP contribution in [0.2, 0.25) is 0 Å². The van der Waals surface area contributed by atoms with Crippen LogP contribution in [0.3, 0.4) is 0 Å². The van der Waals surface area contributed by atoms with E-state index in [0.717, 1.165) is 28.1 Å². The van der Waals surface area contributed by atoms with Crippen molar-refractivity contribution in [3.05, 3.63) is 89.3 Å². The second-order valence-electron chi connectivity index (χ2n) is 5.68. The molecule has 1 aliphatic heterocycles. The molecule has 0 atom stereocenters. The standard InChI is InChI=1S/C20H20N2O/c1-15-14-18(22(3)20(23)21(15)2)19(16-10-6-4-7-11-16)17-12-8-5-9-13-17/h4-14H,1-3H3. The summed E-state index contributed by atoms with van der Waals surface area (Å²) in [6.45, 7) is 1.96. The Morgan fingerprint density at radius 3 is 1.74 bits per heavy atom. The zero-order valence-corrected chi connectivity index (χ0v) is 13.7. The number of carbonyl (C=O) groups is 1. The van der Waals surface area contributed by atoms with Crippen LogP contribution in [-0.2, 0) is 0 Å². The molecular formula is C20H20N2O. The maximum absolute atomic E-state index is 12.5. The lowest BCUT2D eigenvalue weighted by Gasteiger charge is -2.33. The molecule has 0 bridgehead atoms. The van der Waals surface area contributed by atoms with Crippen LogP contribution in [0.5, 0.6) is 0 Å². The molecule has 0 radical (unpaired) electrons. The molecule has 2 amide bonds. The predicted octanol–water partition coefficient (Wildman–Crippen LogP) is 4.35. The normalized spacial score (nSPS) is 14.8. The van der Waals surface area contributed by atoms with E-state index in [-0.39, 0.29) is 6.03 Å². The summed E-state index contributed by atoms with van der Waals surface area (Å²) in [5.41, 5.74) is 5.12. The maximum atomic E-state index is 12.5. The van der Waals surface area contributed by atoms with Crippen molar-refractivity contribution in [2.24, 2.45) is 0 Å². The van der Waals surface area contributed by atoms with Crippen molar-refractivity contribution in [2.75, 3.05) is 14.1 Å². The molecule has 0 spiro atoms. The van der Waals surface area contributed by atoms with Gasteiger partial charge in [-0.1, -0.05) is 60.7 Å². The van der Waals surface area contributed by atoms with Gasteiger partial charge in [-0.15, -0.1) is 0 Å². The van der Waals surface area contributed by atoms with Gasteiger partial charge in [0.1, 0.15) is 0 Å². The minimum absolute atomic E-state index is 0.0237. The third-order valence-corrected chi connectivity index (χ3v) is 4.19. The van der Waals surface area contributed by atoms with E-state index in [0.29, 0.717) is 0 Å². The average molecular weight is 304 g/mol. The summed E-state index contributed by atoms with van der Waals surface area (Å²) in [5.74, 6) is 0. The molecule has 3 heteroatoms. The SMILES string of the molecule is CC1=CC(=C(c2ccccc2)c2ccccc2)N(C)C(=O)N1C. The van der Waals surface area contributed by atoms with Gasteiger partial charge in [0.25, 0.3) is 0 Å². The Balaban J connectivity index is 2.29. The number of allylic oxidation sites excluding steroid dienone is 2. The van der Waals surface area contributed by atoms with Gasteiger partial charge < -0.3 is 4.90 Å². The molecule has 3 nitrogen and oxygen atoms in total. The highest BCUT2D eigenvalue weighted by Gasteiger charge is 2.26. The Hall–Kier alpha value is -2.81. The lowest BCUT2D eigenvalue weighted by Crippen LogP contribution is -2.40. The molecule has 0 aliphatic carbocycles. The Morgan fingerprint density at radius 2 is 1.26 bits per heavy atom. The molecule has 0 saturated carbocycles. The molecule has 1 aliphatic rings. The van der Waals surface area contributed by atoms with Gasteiger partial charge in [-0.2, -0.15) is 0 Å². The number of benzene rings is 2. The van der Waals surface area contributed by atoms with Crippen molar-refractivity contribution >= 4 is 11.6 Å². The second kappa shape index (κ2) is 6.13. The Labute approximate surface area is 137 Å². The fourth-order valence-corrected chi connectivity index (χ4v) is 2.78. The average Bonchev–Trinajstić information content (AvgIpc) is 2.60. The highest BCUT2D eigenvalue weighted by atomic mass is 16.2. The fraction of sp³-hybridized carbons (Fsp3) is 0.150. The number of hydrogen-bond acceptors (Lipinski definition) is 1. The first-order valence-electron chi connectivity index (χ1n) is 7.64. The molecule has 0 unspecified atom stereocenters. The summed E-state index contributed by atoms with van der Waals surface area (Å²) in [4.78, 5) is 15.9. The zero-order valence-electron chi connectivity index (χ0n) is 13.7. The molecular weight excluding hydrogens is 284 g/mol. The van der Waals surface area contributed by atoms with Gasteiger partial charge in [-0.3, -0.25) is 4.90 Å². The Bertz CT molecular complexity index is 734. The van der Waals surface area contributed by atoms with Crippen LogP contribution in [0.4, 0.5) is 4.79 Å². The molecule has 0 aromatic heterocycles. The number of nitrogens with zero attached hydrogens (tertiary/aromatic N) is 2. The van der Waals surface area contributed by atoms with Gasteiger partial charge in [0.15, 0.2) is 0 Å². The fourth-order valence-electron chi connectivity index (χ4n) is 2.78. The van der Waals surface area contributed by atoms with E-state index in [1.807, 2.05) is 50.4 Å². The number of likely N-dealkylation sites (N-methyl/N-ethyl adjacent to an activating group) is 1. The van der Waals surface area contributed by atoms with Gasteiger partial charge in [-0.05, 0) is 24.1 Å². The summed E-state index contributed by atoms with van der Waals surface area (Å²) >= 11 is 0. The van der Waals surface area contributed by atoms with Crippen LogP contribution in [0.15, 0.2) is 78.1 Å². The lowest BCUT2D eigenvalue weighted by molar-refractivity contribution is 0.191. The molecule has 3 rings (SSSR count). The van der Waals surface area contributed by atoms with Gasteiger partial charge >= 0.3 is 6.03 Å². The first-order chi connectivity index (χ1) is 11.1. The number of urea groups is 1. The summed E-state index contributed by atoms with van der Waals surface area (Å²) < 4.78 is 0. The third-order valence-electron chi connectivity index (χ3n) is 4.19. The summed E-state index contributed by atoms with van der Waals surface area (Å²) in [5, 5.41) is 0. The zero-order chi connectivity index (χ0) is 16.4.